The van der Waals surface area contributed by atoms with Crippen LogP contribution in [-0.4, -0.2) is 37.2 Å². The Morgan fingerprint density at radius 3 is 1.19 bits per heavy atom. The number of unbranched alkanes of at least 4 members (excludes halogenated alkanes) is 17. The van der Waals surface area contributed by atoms with Crippen molar-refractivity contribution in [3.05, 3.63) is 109 Å². The van der Waals surface area contributed by atoms with Crippen LogP contribution in [0.25, 0.3) is 0 Å². The normalized spacial score (nSPS) is 13.0. The van der Waals surface area contributed by atoms with Crippen LogP contribution in [0.15, 0.2) is 109 Å². The standard InChI is InChI=1S/C58H94O6/c1-4-7-10-13-16-19-22-25-27-29-31-33-36-39-42-45-48-51-57(60)63-54-55(53-62-56(59)50-47-44-41-38-35-32-24-21-18-15-12-9-6-3)64-58(61)52-49-46-43-40-37-34-30-28-26-23-20-17-14-11-8-5-2/h7,10,16,19,25,27-28,30-35,37,39,41-42,44,55H,4-6,8-9,11-15,17-18,20-24,26,29,36,38,40,43,45-54H2,1-3H3/b10-7+,19-16+,27-25+,30-28+,33-31+,35-32+,37-34+,42-39+,44-41+. The van der Waals surface area contributed by atoms with E-state index in [1.54, 1.807) is 0 Å². The second kappa shape index (κ2) is 51.7. The number of rotatable bonds is 45. The third kappa shape index (κ3) is 49.1. The quantitative estimate of drug-likeness (QED) is 0.0199. The number of esters is 3. The summed E-state index contributed by atoms with van der Waals surface area (Å²) in [6, 6.07) is 0. The van der Waals surface area contributed by atoms with Gasteiger partial charge in [-0.15, -0.1) is 0 Å². The molecule has 0 aromatic heterocycles. The van der Waals surface area contributed by atoms with Gasteiger partial charge in [-0.2, -0.15) is 0 Å². The summed E-state index contributed by atoms with van der Waals surface area (Å²) in [6.07, 6.45) is 69.5. The fourth-order valence-electron chi connectivity index (χ4n) is 6.64. The van der Waals surface area contributed by atoms with Gasteiger partial charge in [0.15, 0.2) is 6.10 Å². The number of hydrogen-bond donors (Lipinski definition) is 0. The number of carbonyl (C=O) groups is 3. The Bertz CT molecular complexity index is 1340. The average Bonchev–Trinajstić information content (AvgIpc) is 3.29. The molecule has 1 atom stereocenters. The van der Waals surface area contributed by atoms with E-state index in [0.29, 0.717) is 19.3 Å². The monoisotopic (exact) mass is 887 g/mol. The van der Waals surface area contributed by atoms with Gasteiger partial charge in [0.05, 0.1) is 0 Å². The van der Waals surface area contributed by atoms with Gasteiger partial charge < -0.3 is 14.2 Å². The Morgan fingerprint density at radius 1 is 0.344 bits per heavy atom. The van der Waals surface area contributed by atoms with E-state index in [4.69, 9.17) is 14.2 Å². The Labute approximate surface area is 393 Å². The van der Waals surface area contributed by atoms with E-state index in [2.05, 4.69) is 124 Å². The fourth-order valence-corrected chi connectivity index (χ4v) is 6.64. The van der Waals surface area contributed by atoms with Gasteiger partial charge in [0, 0.05) is 19.3 Å². The summed E-state index contributed by atoms with van der Waals surface area (Å²) in [5.41, 5.74) is 0. The van der Waals surface area contributed by atoms with E-state index >= 15 is 0 Å². The van der Waals surface area contributed by atoms with E-state index in [0.717, 1.165) is 77.0 Å². The van der Waals surface area contributed by atoms with Gasteiger partial charge in [-0.3, -0.25) is 14.4 Å². The summed E-state index contributed by atoms with van der Waals surface area (Å²) < 4.78 is 16.7. The Morgan fingerprint density at radius 2 is 0.703 bits per heavy atom. The van der Waals surface area contributed by atoms with Gasteiger partial charge in [-0.05, 0) is 103 Å². The van der Waals surface area contributed by atoms with Gasteiger partial charge in [0.25, 0.3) is 0 Å². The van der Waals surface area contributed by atoms with Crippen LogP contribution in [-0.2, 0) is 28.6 Å². The van der Waals surface area contributed by atoms with Crippen LogP contribution < -0.4 is 0 Å². The van der Waals surface area contributed by atoms with Crippen molar-refractivity contribution in [1.82, 2.24) is 0 Å². The van der Waals surface area contributed by atoms with E-state index in [9.17, 15) is 14.4 Å². The fraction of sp³-hybridized carbons (Fsp3) is 0.638. The third-order valence-electron chi connectivity index (χ3n) is 10.5. The van der Waals surface area contributed by atoms with Gasteiger partial charge in [0.2, 0.25) is 0 Å². The van der Waals surface area contributed by atoms with Crippen molar-refractivity contribution in [2.45, 2.75) is 226 Å². The first-order valence-electron chi connectivity index (χ1n) is 25.9. The van der Waals surface area contributed by atoms with Gasteiger partial charge in [-0.25, -0.2) is 0 Å². The SMILES string of the molecule is CC/C=C/C/C=C/C/C=C/C/C=C/C/C=C/CCCC(=O)OCC(COC(=O)CC/C=C/C/C=C/CCCCCCCC)OC(=O)CCCCC/C=C/C=C/CCCCCCCCC. The molecule has 0 aliphatic carbocycles. The number of allylic oxidation sites excluding steroid dienone is 18. The summed E-state index contributed by atoms with van der Waals surface area (Å²) in [4.78, 5) is 37.9. The van der Waals surface area contributed by atoms with E-state index < -0.39 is 6.10 Å². The predicted octanol–water partition coefficient (Wildman–Crippen LogP) is 17.1. The zero-order valence-electron chi connectivity index (χ0n) is 41.3. The first-order valence-corrected chi connectivity index (χ1v) is 25.9. The second-order valence-corrected chi connectivity index (χ2v) is 16.7. The molecule has 0 aliphatic heterocycles. The molecule has 0 aromatic carbocycles. The first kappa shape index (κ1) is 60.1. The van der Waals surface area contributed by atoms with Crippen LogP contribution in [0.4, 0.5) is 0 Å². The molecule has 1 unspecified atom stereocenters. The lowest BCUT2D eigenvalue weighted by molar-refractivity contribution is -0.166. The van der Waals surface area contributed by atoms with Crippen LogP contribution in [0, 0.1) is 0 Å². The molecule has 6 heteroatoms. The van der Waals surface area contributed by atoms with Crippen molar-refractivity contribution in [3.63, 3.8) is 0 Å². The molecule has 0 aromatic rings. The largest absolute Gasteiger partial charge is 0.462 e. The van der Waals surface area contributed by atoms with Crippen LogP contribution in [0.3, 0.4) is 0 Å². The minimum Gasteiger partial charge on any atom is -0.462 e. The molecule has 0 radical (unpaired) electrons. The zero-order valence-corrected chi connectivity index (χ0v) is 41.3. The first-order chi connectivity index (χ1) is 31.5. The third-order valence-corrected chi connectivity index (χ3v) is 10.5. The number of carbonyl (C=O) groups excluding carboxylic acids is 3. The summed E-state index contributed by atoms with van der Waals surface area (Å²) >= 11 is 0. The lowest BCUT2D eigenvalue weighted by Gasteiger charge is -2.18. The van der Waals surface area contributed by atoms with Crippen molar-refractivity contribution in [2.75, 3.05) is 13.2 Å². The maximum Gasteiger partial charge on any atom is 0.306 e. The minimum atomic E-state index is -0.838. The van der Waals surface area contributed by atoms with Crippen molar-refractivity contribution in [3.8, 4) is 0 Å². The lowest BCUT2D eigenvalue weighted by Crippen LogP contribution is -2.30. The van der Waals surface area contributed by atoms with E-state index in [-0.39, 0.29) is 50.4 Å². The predicted molar refractivity (Wildman–Crippen MR) is 274 cm³/mol. The summed E-state index contributed by atoms with van der Waals surface area (Å²) in [5, 5.41) is 0. The molecular formula is C58H94O6. The molecular weight excluding hydrogens is 793 g/mol. The van der Waals surface area contributed by atoms with Crippen molar-refractivity contribution >= 4 is 17.9 Å². The highest BCUT2D eigenvalue weighted by Crippen LogP contribution is 2.11. The topological polar surface area (TPSA) is 78.9 Å². The molecule has 0 heterocycles. The summed E-state index contributed by atoms with van der Waals surface area (Å²) in [6.45, 7) is 6.37. The lowest BCUT2D eigenvalue weighted by atomic mass is 10.1. The molecule has 0 aliphatic rings. The van der Waals surface area contributed by atoms with Crippen LogP contribution >= 0.6 is 0 Å². The zero-order chi connectivity index (χ0) is 46.5. The average molecular weight is 887 g/mol. The Kier molecular flexibility index (Phi) is 48.5. The van der Waals surface area contributed by atoms with Crippen LogP contribution in [0.1, 0.15) is 220 Å². The molecule has 0 spiro atoms. The molecule has 362 valence electrons. The number of ether oxygens (including phenoxy) is 3. The van der Waals surface area contributed by atoms with Crippen LogP contribution in [0.5, 0.6) is 0 Å². The maximum atomic E-state index is 12.8. The van der Waals surface area contributed by atoms with E-state index in [1.165, 1.54) is 83.5 Å². The maximum absolute atomic E-state index is 12.8. The smallest absolute Gasteiger partial charge is 0.306 e. The van der Waals surface area contributed by atoms with Crippen molar-refractivity contribution in [1.29, 1.82) is 0 Å². The molecule has 0 saturated carbocycles. The minimum absolute atomic E-state index is 0.137. The molecule has 0 fully saturated rings. The second-order valence-electron chi connectivity index (χ2n) is 16.7. The molecule has 64 heavy (non-hydrogen) atoms. The summed E-state index contributed by atoms with van der Waals surface area (Å²) in [5.74, 6) is -1.09. The molecule has 6 nitrogen and oxygen atoms in total. The van der Waals surface area contributed by atoms with Crippen molar-refractivity contribution < 1.29 is 28.6 Å². The highest BCUT2D eigenvalue weighted by atomic mass is 16.6. The van der Waals surface area contributed by atoms with E-state index in [1.807, 2.05) is 6.08 Å². The highest BCUT2D eigenvalue weighted by Gasteiger charge is 2.19. The molecule has 0 bridgehead atoms. The Hall–Kier alpha value is -3.93. The molecule has 0 N–H and O–H groups in total. The van der Waals surface area contributed by atoms with Gasteiger partial charge in [-0.1, -0.05) is 207 Å². The van der Waals surface area contributed by atoms with Crippen molar-refractivity contribution in [2.24, 2.45) is 0 Å². The number of hydrogen-bond acceptors (Lipinski definition) is 6. The highest BCUT2D eigenvalue weighted by molar-refractivity contribution is 5.71. The molecule has 0 amide bonds. The van der Waals surface area contributed by atoms with Gasteiger partial charge in [0.1, 0.15) is 13.2 Å². The van der Waals surface area contributed by atoms with Gasteiger partial charge >= 0.3 is 17.9 Å². The summed E-state index contributed by atoms with van der Waals surface area (Å²) in [7, 11) is 0. The molecule has 0 rings (SSSR count). The van der Waals surface area contributed by atoms with Crippen LogP contribution in [0.2, 0.25) is 0 Å². The molecule has 0 saturated heterocycles. The Balaban J connectivity index is 4.60.